The normalized spacial score (nSPS) is 19.1. The molecule has 0 radical (unpaired) electrons. The number of alkyl halides is 5. The molecule has 1 saturated heterocycles. The van der Waals surface area contributed by atoms with Crippen molar-refractivity contribution in [2.45, 2.75) is 76.6 Å². The SMILES string of the molecule is CC(C)C(CCCCCN1C(=O)CC[C@@H]1/C=C/[C@@H](O)C(F)(F)c1cccc(C(F)(F)F)c1)C(=O)O. The van der Waals surface area contributed by atoms with E-state index in [9.17, 15) is 41.8 Å². The Morgan fingerprint density at radius 1 is 1.14 bits per heavy atom. The zero-order chi connectivity index (χ0) is 26.4. The Kier molecular flexibility index (Phi) is 9.83. The summed E-state index contributed by atoms with van der Waals surface area (Å²) < 4.78 is 67.9. The van der Waals surface area contributed by atoms with Gasteiger partial charge in [0.05, 0.1) is 17.5 Å². The molecular weight excluding hydrogens is 473 g/mol. The van der Waals surface area contributed by atoms with Crippen molar-refractivity contribution < 1.29 is 41.8 Å². The van der Waals surface area contributed by atoms with Crippen molar-refractivity contribution in [2.75, 3.05) is 6.54 Å². The van der Waals surface area contributed by atoms with Crippen LogP contribution in [0.5, 0.6) is 0 Å². The molecule has 0 aromatic heterocycles. The number of aliphatic carboxylic acids is 1. The Morgan fingerprint density at radius 3 is 2.40 bits per heavy atom. The van der Waals surface area contributed by atoms with Crippen LogP contribution in [0.15, 0.2) is 36.4 Å². The second-order valence-corrected chi connectivity index (χ2v) is 9.26. The maximum Gasteiger partial charge on any atom is 0.416 e. The summed E-state index contributed by atoms with van der Waals surface area (Å²) in [6.07, 6.45) is -1.90. The van der Waals surface area contributed by atoms with E-state index in [4.69, 9.17) is 0 Å². The Labute approximate surface area is 201 Å². The van der Waals surface area contributed by atoms with Gasteiger partial charge in [0.2, 0.25) is 5.91 Å². The third kappa shape index (κ3) is 7.75. The average Bonchev–Trinajstić information content (AvgIpc) is 3.12. The van der Waals surface area contributed by atoms with Crippen LogP contribution < -0.4 is 0 Å². The lowest BCUT2D eigenvalue weighted by Crippen LogP contribution is -2.34. The summed E-state index contributed by atoms with van der Waals surface area (Å²) in [5, 5.41) is 19.3. The highest BCUT2D eigenvalue weighted by Crippen LogP contribution is 2.37. The number of aliphatic hydroxyl groups excluding tert-OH is 1. The van der Waals surface area contributed by atoms with Crippen LogP contribution in [0.3, 0.4) is 0 Å². The van der Waals surface area contributed by atoms with Gasteiger partial charge in [0.25, 0.3) is 0 Å². The summed E-state index contributed by atoms with van der Waals surface area (Å²) in [5.74, 6) is -5.35. The van der Waals surface area contributed by atoms with E-state index in [1.54, 1.807) is 0 Å². The van der Waals surface area contributed by atoms with Crippen LogP contribution in [0, 0.1) is 11.8 Å². The van der Waals surface area contributed by atoms with Gasteiger partial charge in [0.15, 0.2) is 0 Å². The lowest BCUT2D eigenvalue weighted by Gasteiger charge is -2.24. The molecule has 196 valence electrons. The third-order valence-corrected chi connectivity index (χ3v) is 6.37. The van der Waals surface area contributed by atoms with Crippen LogP contribution in [-0.2, 0) is 21.7 Å². The van der Waals surface area contributed by atoms with Crippen LogP contribution in [0.1, 0.15) is 63.5 Å². The van der Waals surface area contributed by atoms with Gasteiger partial charge in [-0.05, 0) is 37.3 Å². The zero-order valence-electron chi connectivity index (χ0n) is 19.8. The third-order valence-electron chi connectivity index (χ3n) is 6.37. The molecular formula is C25H32F5NO4. The fraction of sp³-hybridized carbons (Fsp3) is 0.600. The zero-order valence-corrected chi connectivity index (χ0v) is 19.8. The number of amides is 1. The van der Waals surface area contributed by atoms with Crippen LogP contribution in [0.2, 0.25) is 0 Å². The van der Waals surface area contributed by atoms with Crippen molar-refractivity contribution in [2.24, 2.45) is 11.8 Å². The average molecular weight is 506 g/mol. The molecule has 5 nitrogen and oxygen atoms in total. The van der Waals surface area contributed by atoms with E-state index in [0.29, 0.717) is 50.8 Å². The summed E-state index contributed by atoms with van der Waals surface area (Å²) in [7, 11) is 0. The van der Waals surface area contributed by atoms with Crippen molar-refractivity contribution >= 4 is 11.9 Å². The maximum atomic E-state index is 14.6. The van der Waals surface area contributed by atoms with Crippen molar-refractivity contribution in [1.82, 2.24) is 4.90 Å². The highest BCUT2D eigenvalue weighted by atomic mass is 19.4. The number of carbonyl (C=O) groups is 2. The quantitative estimate of drug-likeness (QED) is 0.220. The summed E-state index contributed by atoms with van der Waals surface area (Å²) in [6, 6.07) is 2.17. The van der Waals surface area contributed by atoms with Gasteiger partial charge in [0.1, 0.15) is 6.10 Å². The molecule has 1 amide bonds. The lowest BCUT2D eigenvalue weighted by atomic mass is 9.90. The topological polar surface area (TPSA) is 77.8 Å². The molecule has 1 aliphatic rings. The molecule has 1 unspecified atom stereocenters. The second kappa shape index (κ2) is 12.0. The number of hydrogen-bond acceptors (Lipinski definition) is 3. The van der Waals surface area contributed by atoms with E-state index in [1.807, 2.05) is 13.8 Å². The number of benzene rings is 1. The first-order valence-corrected chi connectivity index (χ1v) is 11.7. The number of likely N-dealkylation sites (tertiary alicyclic amines) is 1. The van der Waals surface area contributed by atoms with Crippen molar-refractivity contribution in [3.8, 4) is 0 Å². The maximum absolute atomic E-state index is 14.6. The van der Waals surface area contributed by atoms with E-state index in [1.165, 1.54) is 11.0 Å². The Morgan fingerprint density at radius 2 is 1.80 bits per heavy atom. The highest BCUT2D eigenvalue weighted by Gasteiger charge is 2.41. The largest absolute Gasteiger partial charge is 0.481 e. The fourth-order valence-electron chi connectivity index (χ4n) is 4.24. The number of rotatable bonds is 12. The Hall–Kier alpha value is -2.49. The fourth-order valence-corrected chi connectivity index (χ4v) is 4.24. The number of halogens is 5. The van der Waals surface area contributed by atoms with Crippen LogP contribution in [-0.4, -0.2) is 45.7 Å². The van der Waals surface area contributed by atoms with Crippen molar-refractivity contribution in [3.63, 3.8) is 0 Å². The van der Waals surface area contributed by atoms with Crippen LogP contribution in [0.4, 0.5) is 22.0 Å². The van der Waals surface area contributed by atoms with E-state index in [2.05, 4.69) is 0 Å². The number of nitrogens with zero attached hydrogens (tertiary/aromatic N) is 1. The van der Waals surface area contributed by atoms with Gasteiger partial charge < -0.3 is 15.1 Å². The first-order chi connectivity index (χ1) is 16.2. The molecule has 2 N–H and O–H groups in total. The predicted octanol–water partition coefficient (Wildman–Crippen LogP) is 5.62. The molecule has 0 spiro atoms. The van der Waals surface area contributed by atoms with Gasteiger partial charge in [-0.1, -0.05) is 51.0 Å². The molecule has 1 heterocycles. The highest BCUT2D eigenvalue weighted by molar-refractivity contribution is 5.79. The van der Waals surface area contributed by atoms with Gasteiger partial charge in [-0.3, -0.25) is 9.59 Å². The first-order valence-electron chi connectivity index (χ1n) is 11.7. The van der Waals surface area contributed by atoms with Gasteiger partial charge in [0, 0.05) is 18.5 Å². The monoisotopic (exact) mass is 505 g/mol. The van der Waals surface area contributed by atoms with Gasteiger partial charge in [-0.15, -0.1) is 0 Å². The number of carboxylic acids is 1. The molecule has 1 fully saturated rings. The smallest absolute Gasteiger partial charge is 0.416 e. The van der Waals surface area contributed by atoms with Crippen molar-refractivity contribution in [3.05, 3.63) is 47.5 Å². The summed E-state index contributed by atoms with van der Waals surface area (Å²) >= 11 is 0. The molecule has 0 bridgehead atoms. The molecule has 3 atom stereocenters. The number of aliphatic hydroxyl groups is 1. The van der Waals surface area contributed by atoms with E-state index >= 15 is 0 Å². The standard InChI is InChI=1S/C25H32F5NO4/c1-16(2)20(23(34)35)9-4-3-5-14-31-19(11-13-22(31)33)10-12-21(32)24(26,27)17-7-6-8-18(15-17)25(28,29)30/h6-8,10,12,15-16,19-21,32H,3-5,9,11,13-14H2,1-2H3,(H,34,35)/b12-10+/t19-,20?,21+/m0/s1. The Balaban J connectivity index is 1.96. The van der Waals surface area contributed by atoms with E-state index in [0.717, 1.165) is 18.2 Å². The molecule has 0 saturated carbocycles. The summed E-state index contributed by atoms with van der Waals surface area (Å²) in [6.45, 7) is 4.07. The molecule has 1 aromatic rings. The Bertz CT molecular complexity index is 900. The number of carbonyl (C=O) groups excluding carboxylic acids is 1. The van der Waals surface area contributed by atoms with Gasteiger partial charge in [-0.25, -0.2) is 0 Å². The number of hydrogen-bond donors (Lipinski definition) is 2. The molecule has 10 heteroatoms. The molecule has 2 rings (SSSR count). The first kappa shape index (κ1) is 28.7. The summed E-state index contributed by atoms with van der Waals surface area (Å²) in [5.41, 5.74) is -2.19. The number of unbranched alkanes of at least 4 members (excludes halogenated alkanes) is 2. The van der Waals surface area contributed by atoms with Crippen LogP contribution >= 0.6 is 0 Å². The van der Waals surface area contributed by atoms with Crippen LogP contribution in [0.25, 0.3) is 0 Å². The van der Waals surface area contributed by atoms with Gasteiger partial charge >= 0.3 is 18.1 Å². The van der Waals surface area contributed by atoms with E-state index in [-0.39, 0.29) is 18.2 Å². The minimum absolute atomic E-state index is 0.0164. The number of carboxylic acid groups (broad SMARTS) is 1. The predicted molar refractivity (Wildman–Crippen MR) is 120 cm³/mol. The van der Waals surface area contributed by atoms with Crippen molar-refractivity contribution in [1.29, 1.82) is 0 Å². The molecule has 35 heavy (non-hydrogen) atoms. The summed E-state index contributed by atoms with van der Waals surface area (Å²) in [4.78, 5) is 25.0. The molecule has 1 aliphatic heterocycles. The molecule has 1 aromatic carbocycles. The second-order valence-electron chi connectivity index (χ2n) is 9.26. The molecule has 0 aliphatic carbocycles. The lowest BCUT2D eigenvalue weighted by molar-refractivity contribution is -0.143. The van der Waals surface area contributed by atoms with Gasteiger partial charge in [-0.2, -0.15) is 22.0 Å². The minimum Gasteiger partial charge on any atom is -0.481 e. The minimum atomic E-state index is -4.79. The van der Waals surface area contributed by atoms with E-state index < -0.39 is 47.3 Å².